The fraction of sp³-hybridized carbons (Fsp3) is 0.462. The van der Waals surface area contributed by atoms with Crippen molar-refractivity contribution in [1.82, 2.24) is 10.3 Å². The van der Waals surface area contributed by atoms with Crippen molar-refractivity contribution in [2.75, 3.05) is 0 Å². The van der Waals surface area contributed by atoms with Gasteiger partial charge >= 0.3 is 5.97 Å². The first kappa shape index (κ1) is 13.8. The summed E-state index contributed by atoms with van der Waals surface area (Å²) >= 11 is 5.71. The number of aliphatic carboxylic acids is 1. The van der Waals surface area contributed by atoms with Gasteiger partial charge in [-0.3, -0.25) is 14.6 Å². The van der Waals surface area contributed by atoms with Gasteiger partial charge in [0.1, 0.15) is 0 Å². The van der Waals surface area contributed by atoms with Crippen molar-refractivity contribution in [3.8, 4) is 0 Å². The summed E-state index contributed by atoms with van der Waals surface area (Å²) in [5.74, 6) is -2.24. The molecule has 1 heterocycles. The molecule has 5 nitrogen and oxygen atoms in total. The number of aromatic nitrogens is 1. The van der Waals surface area contributed by atoms with Gasteiger partial charge in [0.2, 0.25) is 5.91 Å². The first-order valence-electron chi connectivity index (χ1n) is 5.95. The van der Waals surface area contributed by atoms with Gasteiger partial charge in [-0.15, -0.1) is 0 Å². The van der Waals surface area contributed by atoms with E-state index in [1.165, 1.54) is 6.20 Å². The molecule has 2 atom stereocenters. The van der Waals surface area contributed by atoms with Crippen molar-refractivity contribution in [2.45, 2.75) is 20.4 Å². The minimum absolute atomic E-state index is 0.242. The van der Waals surface area contributed by atoms with Crippen LogP contribution in [-0.2, 0) is 16.1 Å². The molecule has 2 N–H and O–H groups in total. The number of rotatable bonds is 4. The van der Waals surface area contributed by atoms with Gasteiger partial charge in [0.15, 0.2) is 0 Å². The zero-order chi connectivity index (χ0) is 14.2. The number of carboxylic acids is 1. The topological polar surface area (TPSA) is 79.3 Å². The molecule has 0 bridgehead atoms. The molecule has 0 unspecified atom stereocenters. The minimum atomic E-state index is -0.922. The average Bonchev–Trinajstić information content (AvgIpc) is 2.91. The lowest BCUT2D eigenvalue weighted by Crippen LogP contribution is -2.27. The molecule has 2 rings (SSSR count). The lowest BCUT2D eigenvalue weighted by atomic mass is 10.1. The Bertz CT molecular complexity index is 513. The van der Waals surface area contributed by atoms with E-state index in [4.69, 9.17) is 16.7 Å². The van der Waals surface area contributed by atoms with Gasteiger partial charge in [0, 0.05) is 6.20 Å². The molecule has 1 saturated carbocycles. The number of halogens is 1. The predicted octanol–water partition coefficient (Wildman–Crippen LogP) is 1.71. The molecule has 1 fully saturated rings. The van der Waals surface area contributed by atoms with Crippen LogP contribution in [0.15, 0.2) is 18.3 Å². The van der Waals surface area contributed by atoms with Gasteiger partial charge in [-0.25, -0.2) is 0 Å². The van der Waals surface area contributed by atoms with E-state index in [2.05, 4.69) is 10.3 Å². The predicted molar refractivity (Wildman–Crippen MR) is 69.5 cm³/mol. The first-order valence-corrected chi connectivity index (χ1v) is 6.33. The molecule has 0 aliphatic heterocycles. The molecule has 0 spiro atoms. The molecule has 1 amide bonds. The van der Waals surface area contributed by atoms with E-state index in [9.17, 15) is 9.59 Å². The van der Waals surface area contributed by atoms with Crippen molar-refractivity contribution in [3.63, 3.8) is 0 Å². The lowest BCUT2D eigenvalue weighted by Gasteiger charge is -2.05. The van der Waals surface area contributed by atoms with Crippen molar-refractivity contribution in [3.05, 3.63) is 29.0 Å². The molecule has 0 aromatic carbocycles. The maximum absolute atomic E-state index is 11.9. The molecule has 102 valence electrons. The Labute approximate surface area is 116 Å². The summed E-state index contributed by atoms with van der Waals surface area (Å²) in [6.07, 6.45) is 1.50. The zero-order valence-electron chi connectivity index (χ0n) is 10.7. The number of carbonyl (C=O) groups excluding carboxylic acids is 1. The Balaban J connectivity index is 1.93. The van der Waals surface area contributed by atoms with E-state index in [1.807, 2.05) is 0 Å². The Morgan fingerprint density at radius 2 is 2.11 bits per heavy atom. The number of hydrogen-bond donors (Lipinski definition) is 2. The highest BCUT2D eigenvalue weighted by molar-refractivity contribution is 6.30. The summed E-state index contributed by atoms with van der Waals surface area (Å²) in [5, 5.41) is 12.3. The Morgan fingerprint density at radius 3 is 2.58 bits per heavy atom. The Kier molecular flexibility index (Phi) is 3.49. The highest BCUT2D eigenvalue weighted by Gasteiger charge is 2.65. The molecule has 1 aromatic rings. The number of carboxylic acid groups (broad SMARTS) is 1. The highest BCUT2D eigenvalue weighted by atomic mass is 35.5. The van der Waals surface area contributed by atoms with E-state index in [-0.39, 0.29) is 12.5 Å². The number of nitrogens with one attached hydrogen (secondary N) is 1. The maximum atomic E-state index is 11.9. The van der Waals surface area contributed by atoms with Gasteiger partial charge in [-0.05, 0) is 17.5 Å². The fourth-order valence-corrected chi connectivity index (χ4v) is 2.50. The molecular weight excluding hydrogens is 268 g/mol. The molecule has 1 aliphatic carbocycles. The number of amides is 1. The van der Waals surface area contributed by atoms with Crippen molar-refractivity contribution < 1.29 is 14.7 Å². The van der Waals surface area contributed by atoms with Crippen LogP contribution in [0.25, 0.3) is 0 Å². The summed E-state index contributed by atoms with van der Waals surface area (Å²) < 4.78 is 0. The van der Waals surface area contributed by atoms with Crippen LogP contribution in [0.2, 0.25) is 5.02 Å². The van der Waals surface area contributed by atoms with Gasteiger partial charge < -0.3 is 10.4 Å². The van der Waals surface area contributed by atoms with Crippen LogP contribution in [0.4, 0.5) is 0 Å². The number of nitrogens with zero attached hydrogens (tertiary/aromatic N) is 1. The van der Waals surface area contributed by atoms with Gasteiger partial charge in [-0.1, -0.05) is 25.4 Å². The second-order valence-electron chi connectivity index (χ2n) is 5.30. The molecule has 19 heavy (non-hydrogen) atoms. The monoisotopic (exact) mass is 282 g/mol. The van der Waals surface area contributed by atoms with Crippen LogP contribution in [0.5, 0.6) is 0 Å². The number of carbonyl (C=O) groups is 2. The summed E-state index contributed by atoms with van der Waals surface area (Å²) in [7, 11) is 0. The molecule has 0 radical (unpaired) electrons. The van der Waals surface area contributed by atoms with Crippen LogP contribution in [0.3, 0.4) is 0 Å². The van der Waals surface area contributed by atoms with Crippen LogP contribution in [0.1, 0.15) is 19.5 Å². The third-order valence-electron chi connectivity index (χ3n) is 3.61. The fourth-order valence-electron chi connectivity index (χ4n) is 2.39. The second-order valence-corrected chi connectivity index (χ2v) is 5.74. The first-order chi connectivity index (χ1) is 8.84. The smallest absolute Gasteiger partial charge is 0.307 e. The van der Waals surface area contributed by atoms with Crippen molar-refractivity contribution in [1.29, 1.82) is 0 Å². The number of hydrogen-bond acceptors (Lipinski definition) is 3. The largest absolute Gasteiger partial charge is 0.481 e. The highest BCUT2D eigenvalue weighted by Crippen LogP contribution is 2.58. The lowest BCUT2D eigenvalue weighted by molar-refractivity contribution is -0.140. The quantitative estimate of drug-likeness (QED) is 0.881. The summed E-state index contributed by atoms with van der Waals surface area (Å²) in [6.45, 7) is 3.85. The van der Waals surface area contributed by atoms with E-state index >= 15 is 0 Å². The Hall–Kier alpha value is -1.62. The van der Waals surface area contributed by atoms with E-state index in [0.717, 1.165) is 0 Å². The van der Waals surface area contributed by atoms with Crippen LogP contribution in [-0.4, -0.2) is 22.0 Å². The van der Waals surface area contributed by atoms with Crippen molar-refractivity contribution in [2.24, 2.45) is 17.3 Å². The molecule has 1 aliphatic rings. The van der Waals surface area contributed by atoms with Crippen LogP contribution >= 0.6 is 11.6 Å². The van der Waals surface area contributed by atoms with E-state index in [0.29, 0.717) is 10.7 Å². The molecular formula is C13H15ClN2O3. The van der Waals surface area contributed by atoms with Gasteiger partial charge in [0.05, 0.1) is 29.1 Å². The minimum Gasteiger partial charge on any atom is -0.481 e. The third-order valence-corrected chi connectivity index (χ3v) is 3.83. The molecule has 6 heteroatoms. The zero-order valence-corrected chi connectivity index (χ0v) is 11.4. The summed E-state index contributed by atoms with van der Waals surface area (Å²) in [4.78, 5) is 27.0. The van der Waals surface area contributed by atoms with E-state index in [1.54, 1.807) is 26.0 Å². The van der Waals surface area contributed by atoms with E-state index < -0.39 is 23.2 Å². The molecule has 1 aromatic heterocycles. The standard InChI is InChI=1S/C13H15ClN2O3/c1-13(2)9(10(13)12(18)19)11(17)16-6-8-4-3-7(14)5-15-8/h3-5,9-10H,6H2,1-2H3,(H,16,17)(H,18,19)/t9-,10+/m1/s1. The summed E-state index contributed by atoms with van der Waals surface area (Å²) in [6, 6.07) is 3.41. The second kappa shape index (κ2) is 4.81. The van der Waals surface area contributed by atoms with Crippen molar-refractivity contribution >= 4 is 23.5 Å². The van der Waals surface area contributed by atoms with Crippen LogP contribution < -0.4 is 5.32 Å². The van der Waals surface area contributed by atoms with Gasteiger partial charge in [-0.2, -0.15) is 0 Å². The Morgan fingerprint density at radius 1 is 1.42 bits per heavy atom. The normalized spacial score (nSPS) is 23.7. The van der Waals surface area contributed by atoms with Gasteiger partial charge in [0.25, 0.3) is 0 Å². The molecule has 0 saturated heterocycles. The maximum Gasteiger partial charge on any atom is 0.307 e. The SMILES string of the molecule is CC1(C)[C@H](C(=O)O)[C@@H]1C(=O)NCc1ccc(Cl)cn1. The summed E-state index contributed by atoms with van der Waals surface area (Å²) in [5.41, 5.74) is 0.201. The average molecular weight is 283 g/mol. The van der Waals surface area contributed by atoms with Crippen LogP contribution in [0, 0.1) is 17.3 Å². The third kappa shape index (κ3) is 2.71. The number of pyridine rings is 1.